The zero-order chi connectivity index (χ0) is 26.6. The molecule has 1 N–H and O–H groups in total. The maximum atomic E-state index is 13.7. The van der Waals surface area contributed by atoms with Gasteiger partial charge in [0.15, 0.2) is 0 Å². The van der Waals surface area contributed by atoms with E-state index in [1.165, 1.54) is 21.3 Å². The minimum Gasteiger partial charge on any atom is -0.352 e. The molecule has 1 atom stereocenters. The molecule has 0 spiro atoms. The Labute approximate surface area is 234 Å². The molecule has 3 aromatic rings. The summed E-state index contributed by atoms with van der Waals surface area (Å²) in [6, 6.07) is 19.9. The van der Waals surface area contributed by atoms with E-state index < -0.39 is 16.1 Å². The molecular weight excluding hydrogens is 601 g/mol. The molecule has 37 heavy (non-hydrogen) atoms. The molecule has 7 nitrogen and oxygen atoms in total. The first-order valence-electron chi connectivity index (χ1n) is 11.5. The first-order chi connectivity index (χ1) is 17.7. The van der Waals surface area contributed by atoms with Crippen LogP contribution in [0.3, 0.4) is 0 Å². The zero-order valence-electron chi connectivity index (χ0n) is 19.6. The van der Waals surface area contributed by atoms with E-state index in [0.29, 0.717) is 23.1 Å². The normalized spacial score (nSPS) is 16.1. The maximum Gasteiger partial charge on any atom is 0.247 e. The van der Waals surface area contributed by atoms with Gasteiger partial charge < -0.3 is 10.2 Å². The van der Waals surface area contributed by atoms with Crippen LogP contribution >= 0.6 is 39.1 Å². The second kappa shape index (κ2) is 12.0. The number of sulfonamides is 1. The Balaban J connectivity index is 1.62. The van der Waals surface area contributed by atoms with Gasteiger partial charge in [0.1, 0.15) is 10.9 Å². The average Bonchev–Trinajstić information content (AvgIpc) is 2.87. The summed E-state index contributed by atoms with van der Waals surface area (Å²) in [5, 5.41) is 2.81. The van der Waals surface area contributed by atoms with Gasteiger partial charge in [-0.2, -0.15) is 4.31 Å². The summed E-state index contributed by atoms with van der Waals surface area (Å²) in [4.78, 5) is 27.5. The Hall–Kier alpha value is -2.43. The third kappa shape index (κ3) is 6.18. The third-order valence-electron chi connectivity index (χ3n) is 6.03. The number of nitrogens with zero attached hydrogens (tertiary/aromatic N) is 2. The van der Waals surface area contributed by atoms with Crippen LogP contribution in [0, 0.1) is 0 Å². The zero-order valence-corrected chi connectivity index (χ0v) is 23.5. The predicted octanol–water partition coefficient (Wildman–Crippen LogP) is 5.04. The Bertz CT molecular complexity index is 1390. The van der Waals surface area contributed by atoms with Crippen molar-refractivity contribution in [3.8, 4) is 0 Å². The SMILES string of the molecule is O=C1NCCN(C(=O)CCN(Cc2ccccc2)S(=O)(=O)c2c(Cl)cccc2Cl)C1c1ccccc1Br. The van der Waals surface area contributed by atoms with Gasteiger partial charge in [-0.3, -0.25) is 9.59 Å². The Morgan fingerprint density at radius 3 is 2.32 bits per heavy atom. The number of benzene rings is 3. The summed E-state index contributed by atoms with van der Waals surface area (Å²) in [6.07, 6.45) is -0.137. The lowest BCUT2D eigenvalue weighted by Gasteiger charge is -2.36. The monoisotopic (exact) mass is 623 g/mol. The van der Waals surface area contributed by atoms with E-state index in [0.717, 1.165) is 5.56 Å². The first kappa shape index (κ1) is 27.6. The van der Waals surface area contributed by atoms with Crippen LogP contribution in [0.4, 0.5) is 0 Å². The molecule has 0 aliphatic carbocycles. The molecule has 2 amide bonds. The Kier molecular flexibility index (Phi) is 8.92. The number of piperazine rings is 1. The number of nitrogens with one attached hydrogen (secondary N) is 1. The number of amides is 2. The average molecular weight is 625 g/mol. The highest BCUT2D eigenvalue weighted by atomic mass is 79.9. The summed E-state index contributed by atoms with van der Waals surface area (Å²) < 4.78 is 29.3. The summed E-state index contributed by atoms with van der Waals surface area (Å²) in [6.45, 7) is 0.510. The van der Waals surface area contributed by atoms with Gasteiger partial charge in [-0.05, 0) is 29.3 Å². The number of hydrogen-bond donors (Lipinski definition) is 1. The second-order valence-corrected chi connectivity index (χ2v) is 12.0. The van der Waals surface area contributed by atoms with Crippen molar-refractivity contribution in [3.05, 3.63) is 98.4 Å². The van der Waals surface area contributed by atoms with E-state index >= 15 is 0 Å². The third-order valence-corrected chi connectivity index (χ3v) is 9.55. The maximum absolute atomic E-state index is 13.7. The Morgan fingerprint density at radius 1 is 1.00 bits per heavy atom. The van der Waals surface area contributed by atoms with E-state index in [2.05, 4.69) is 21.2 Å². The summed E-state index contributed by atoms with van der Waals surface area (Å²) in [5.41, 5.74) is 1.40. The molecule has 0 radical (unpaired) electrons. The van der Waals surface area contributed by atoms with Crippen LogP contribution < -0.4 is 5.32 Å². The predicted molar refractivity (Wildman–Crippen MR) is 147 cm³/mol. The van der Waals surface area contributed by atoms with E-state index in [9.17, 15) is 18.0 Å². The molecule has 0 aromatic heterocycles. The highest BCUT2D eigenvalue weighted by Gasteiger charge is 2.36. The minimum atomic E-state index is -4.16. The lowest BCUT2D eigenvalue weighted by atomic mass is 10.0. The van der Waals surface area contributed by atoms with Crippen LogP contribution in [-0.2, 0) is 26.2 Å². The smallest absolute Gasteiger partial charge is 0.247 e. The number of hydrogen-bond acceptors (Lipinski definition) is 4. The van der Waals surface area contributed by atoms with Crippen LogP contribution in [0.25, 0.3) is 0 Å². The van der Waals surface area contributed by atoms with Crippen molar-refractivity contribution in [2.45, 2.75) is 23.9 Å². The summed E-state index contributed by atoms with van der Waals surface area (Å²) >= 11 is 16.0. The van der Waals surface area contributed by atoms with Crippen LogP contribution in [0.5, 0.6) is 0 Å². The van der Waals surface area contributed by atoms with Gasteiger partial charge in [-0.1, -0.05) is 93.7 Å². The van der Waals surface area contributed by atoms with Gasteiger partial charge in [-0.15, -0.1) is 0 Å². The van der Waals surface area contributed by atoms with E-state index in [1.54, 1.807) is 36.4 Å². The van der Waals surface area contributed by atoms with Crippen LogP contribution in [-0.4, -0.2) is 49.1 Å². The van der Waals surface area contributed by atoms with Crippen molar-refractivity contribution in [2.24, 2.45) is 0 Å². The second-order valence-electron chi connectivity index (χ2n) is 8.43. The fourth-order valence-corrected chi connectivity index (χ4v) is 7.26. The van der Waals surface area contributed by atoms with Crippen molar-refractivity contribution in [1.29, 1.82) is 0 Å². The quantitative estimate of drug-likeness (QED) is 0.381. The molecule has 1 heterocycles. The fourth-order valence-electron chi connectivity index (χ4n) is 4.23. The molecule has 3 aromatic carbocycles. The van der Waals surface area contributed by atoms with Crippen LogP contribution in [0.15, 0.2) is 82.2 Å². The van der Waals surface area contributed by atoms with E-state index in [-0.39, 0.29) is 46.3 Å². The molecule has 4 rings (SSSR count). The van der Waals surface area contributed by atoms with Gasteiger partial charge in [0, 0.05) is 37.1 Å². The largest absolute Gasteiger partial charge is 0.352 e. The first-order valence-corrected chi connectivity index (χ1v) is 14.5. The van der Waals surface area contributed by atoms with Crippen molar-refractivity contribution in [3.63, 3.8) is 0 Å². The molecular formula is C26H24BrCl2N3O4S. The lowest BCUT2D eigenvalue weighted by molar-refractivity contribution is -0.143. The topological polar surface area (TPSA) is 86.8 Å². The van der Waals surface area contributed by atoms with Crippen LogP contribution in [0.2, 0.25) is 10.0 Å². The number of halogens is 3. The molecule has 1 saturated heterocycles. The highest BCUT2D eigenvalue weighted by Crippen LogP contribution is 2.33. The van der Waals surface area contributed by atoms with Crippen molar-refractivity contribution in [2.75, 3.05) is 19.6 Å². The van der Waals surface area contributed by atoms with Gasteiger partial charge >= 0.3 is 0 Å². The summed E-state index contributed by atoms with van der Waals surface area (Å²) in [7, 11) is -4.16. The molecule has 194 valence electrons. The van der Waals surface area contributed by atoms with Crippen molar-refractivity contribution in [1.82, 2.24) is 14.5 Å². The standard InChI is InChI=1S/C26H24BrCl2N3O4S/c27-20-10-5-4-9-19(20)24-26(34)30-14-16-32(24)23(33)13-15-31(17-18-7-2-1-3-8-18)37(35,36)25-21(28)11-6-12-22(25)29/h1-12,24H,13-17H2,(H,30,34). The molecule has 11 heteroatoms. The van der Waals surface area contributed by atoms with Gasteiger partial charge in [-0.25, -0.2) is 8.42 Å². The van der Waals surface area contributed by atoms with Gasteiger partial charge in [0.05, 0.1) is 10.0 Å². The number of carbonyl (C=O) groups is 2. The van der Waals surface area contributed by atoms with Gasteiger partial charge in [0.25, 0.3) is 0 Å². The van der Waals surface area contributed by atoms with Crippen molar-refractivity contribution >= 4 is 61.0 Å². The van der Waals surface area contributed by atoms with E-state index in [1.807, 2.05) is 24.3 Å². The molecule has 1 unspecified atom stereocenters. The number of carbonyl (C=O) groups excluding carboxylic acids is 2. The molecule has 1 aliphatic heterocycles. The number of rotatable bonds is 8. The molecule has 1 aliphatic rings. The highest BCUT2D eigenvalue weighted by molar-refractivity contribution is 9.10. The van der Waals surface area contributed by atoms with Crippen LogP contribution in [0.1, 0.15) is 23.6 Å². The molecule has 0 saturated carbocycles. The molecule has 1 fully saturated rings. The Morgan fingerprint density at radius 2 is 1.65 bits per heavy atom. The van der Waals surface area contributed by atoms with Crippen molar-refractivity contribution < 1.29 is 18.0 Å². The minimum absolute atomic E-state index is 0.00131. The lowest BCUT2D eigenvalue weighted by Crippen LogP contribution is -2.52. The van der Waals surface area contributed by atoms with E-state index in [4.69, 9.17) is 23.2 Å². The van der Waals surface area contributed by atoms with Gasteiger partial charge in [0.2, 0.25) is 21.8 Å². The summed E-state index contributed by atoms with van der Waals surface area (Å²) in [5.74, 6) is -0.628. The fraction of sp³-hybridized carbons (Fsp3) is 0.231. The molecule has 0 bridgehead atoms.